The zero-order valence-electron chi connectivity index (χ0n) is 11.5. The molecule has 0 radical (unpaired) electrons. The van der Waals surface area contributed by atoms with E-state index in [1.807, 2.05) is 7.05 Å². The van der Waals surface area contributed by atoms with Gasteiger partial charge in [-0.2, -0.15) is 0 Å². The minimum absolute atomic E-state index is 0.357. The largest absolute Gasteiger partial charge is 0.388 e. The summed E-state index contributed by atoms with van der Waals surface area (Å²) in [5.41, 5.74) is 4.47. The third-order valence-corrected chi connectivity index (χ3v) is 2.74. The van der Waals surface area contributed by atoms with Gasteiger partial charge in [0.1, 0.15) is 0 Å². The average molecular weight is 219 g/mol. The van der Waals surface area contributed by atoms with Crippen molar-refractivity contribution in [2.24, 2.45) is 5.41 Å². The van der Waals surface area contributed by atoms with Crippen molar-refractivity contribution < 1.29 is 0 Å². The van der Waals surface area contributed by atoms with Gasteiger partial charge in [0.2, 0.25) is 0 Å². The van der Waals surface area contributed by atoms with Gasteiger partial charge in [-0.15, -0.1) is 0 Å². The van der Waals surface area contributed by atoms with Gasteiger partial charge in [-0.3, -0.25) is 0 Å². The average Bonchev–Trinajstić information content (AvgIpc) is 2.15. The van der Waals surface area contributed by atoms with Gasteiger partial charge in [0.05, 0.1) is 0 Å². The van der Waals surface area contributed by atoms with Crippen LogP contribution in [-0.2, 0) is 6.42 Å². The second kappa shape index (κ2) is 4.90. The molecule has 0 heterocycles. The van der Waals surface area contributed by atoms with Gasteiger partial charge in [-0.25, -0.2) is 0 Å². The van der Waals surface area contributed by atoms with Crippen LogP contribution in [-0.4, -0.2) is 7.05 Å². The summed E-state index contributed by atoms with van der Waals surface area (Å²) in [5.74, 6) is 0.572. The molecule has 1 N–H and O–H groups in total. The second-order valence-corrected chi connectivity index (χ2v) is 6.06. The molecular weight excluding hydrogens is 194 g/mol. The van der Waals surface area contributed by atoms with Gasteiger partial charge in [0, 0.05) is 12.7 Å². The SMILES string of the molecule is CNc1ccc(CC(C)(C)C)cc1C(C)C. The summed E-state index contributed by atoms with van der Waals surface area (Å²) >= 11 is 0. The van der Waals surface area contributed by atoms with E-state index in [0.717, 1.165) is 6.42 Å². The molecule has 1 rings (SSSR count). The maximum atomic E-state index is 3.27. The summed E-state index contributed by atoms with van der Waals surface area (Å²) in [4.78, 5) is 0. The molecule has 1 heteroatoms. The van der Waals surface area contributed by atoms with Gasteiger partial charge in [0.25, 0.3) is 0 Å². The van der Waals surface area contributed by atoms with Crippen LogP contribution in [0.5, 0.6) is 0 Å². The highest BCUT2D eigenvalue weighted by Crippen LogP contribution is 2.28. The van der Waals surface area contributed by atoms with Crippen LogP contribution in [0, 0.1) is 5.41 Å². The summed E-state index contributed by atoms with van der Waals surface area (Å²) in [5, 5.41) is 3.27. The number of anilines is 1. The van der Waals surface area contributed by atoms with Crippen molar-refractivity contribution in [3.63, 3.8) is 0 Å². The molecular formula is C15H25N. The minimum atomic E-state index is 0.357. The van der Waals surface area contributed by atoms with E-state index in [1.165, 1.54) is 16.8 Å². The summed E-state index contributed by atoms with van der Waals surface area (Å²) in [7, 11) is 1.99. The normalized spacial score (nSPS) is 11.9. The first kappa shape index (κ1) is 13.1. The molecule has 0 saturated heterocycles. The van der Waals surface area contributed by atoms with Crippen LogP contribution in [0.4, 0.5) is 5.69 Å². The van der Waals surface area contributed by atoms with Gasteiger partial charge < -0.3 is 5.32 Å². The van der Waals surface area contributed by atoms with E-state index in [2.05, 4.69) is 58.1 Å². The highest BCUT2D eigenvalue weighted by Gasteiger charge is 2.13. The Morgan fingerprint density at radius 3 is 2.25 bits per heavy atom. The van der Waals surface area contributed by atoms with Crippen LogP contribution in [0.3, 0.4) is 0 Å². The van der Waals surface area contributed by atoms with Crippen LogP contribution >= 0.6 is 0 Å². The Balaban J connectivity index is 3.02. The molecule has 0 fully saturated rings. The van der Waals surface area contributed by atoms with Crippen LogP contribution in [0.15, 0.2) is 18.2 Å². The third kappa shape index (κ3) is 3.55. The fourth-order valence-corrected chi connectivity index (χ4v) is 2.04. The lowest BCUT2D eigenvalue weighted by atomic mass is 9.86. The number of hydrogen-bond acceptors (Lipinski definition) is 1. The molecule has 0 atom stereocenters. The molecule has 0 aliphatic rings. The van der Waals surface area contributed by atoms with Gasteiger partial charge in [0.15, 0.2) is 0 Å². The van der Waals surface area contributed by atoms with Crippen molar-refractivity contribution in [3.05, 3.63) is 29.3 Å². The van der Waals surface area contributed by atoms with E-state index in [9.17, 15) is 0 Å². The molecule has 0 unspecified atom stereocenters. The van der Waals surface area contributed by atoms with Crippen LogP contribution < -0.4 is 5.32 Å². The first-order chi connectivity index (χ1) is 7.33. The molecule has 1 aromatic carbocycles. The van der Waals surface area contributed by atoms with Crippen molar-refractivity contribution in [1.29, 1.82) is 0 Å². The first-order valence-corrected chi connectivity index (χ1v) is 6.14. The predicted octanol–water partition coefficient (Wildman–Crippen LogP) is 4.44. The Bertz CT molecular complexity index is 345. The van der Waals surface area contributed by atoms with Gasteiger partial charge >= 0.3 is 0 Å². The predicted molar refractivity (Wildman–Crippen MR) is 73.2 cm³/mol. The maximum Gasteiger partial charge on any atom is 0.0372 e. The Labute approximate surface area is 100 Å². The lowest BCUT2D eigenvalue weighted by Crippen LogP contribution is -2.10. The lowest BCUT2D eigenvalue weighted by Gasteiger charge is -2.20. The molecule has 0 saturated carbocycles. The summed E-state index contributed by atoms with van der Waals surface area (Å²) in [6.07, 6.45) is 1.14. The summed E-state index contributed by atoms with van der Waals surface area (Å²) in [6, 6.07) is 6.79. The van der Waals surface area contributed by atoms with Gasteiger partial charge in [-0.05, 0) is 34.9 Å². The highest BCUT2D eigenvalue weighted by atomic mass is 14.8. The van der Waals surface area contributed by atoms with Crippen LogP contribution in [0.1, 0.15) is 51.7 Å². The van der Waals surface area contributed by atoms with E-state index < -0.39 is 0 Å². The quantitative estimate of drug-likeness (QED) is 0.792. The second-order valence-electron chi connectivity index (χ2n) is 6.06. The van der Waals surface area contributed by atoms with Crippen molar-refractivity contribution in [3.8, 4) is 0 Å². The molecule has 0 aliphatic carbocycles. The van der Waals surface area contributed by atoms with Crippen molar-refractivity contribution in [1.82, 2.24) is 0 Å². The van der Waals surface area contributed by atoms with E-state index in [-0.39, 0.29) is 0 Å². The standard InChI is InChI=1S/C15H25N/c1-11(2)13-9-12(10-15(3,4)5)7-8-14(13)16-6/h7-9,11,16H,10H2,1-6H3. The molecule has 0 spiro atoms. The number of hydrogen-bond donors (Lipinski definition) is 1. The van der Waals surface area contributed by atoms with Crippen molar-refractivity contribution in [2.45, 2.75) is 47.0 Å². The van der Waals surface area contributed by atoms with Crippen molar-refractivity contribution in [2.75, 3.05) is 12.4 Å². The number of benzene rings is 1. The Kier molecular flexibility index (Phi) is 4.01. The van der Waals surface area contributed by atoms with E-state index in [0.29, 0.717) is 11.3 Å². The highest BCUT2D eigenvalue weighted by molar-refractivity contribution is 5.53. The molecule has 0 aromatic heterocycles. The third-order valence-electron chi connectivity index (χ3n) is 2.74. The topological polar surface area (TPSA) is 12.0 Å². The minimum Gasteiger partial charge on any atom is -0.388 e. The van der Waals surface area contributed by atoms with Crippen molar-refractivity contribution >= 4 is 5.69 Å². The Morgan fingerprint density at radius 1 is 1.19 bits per heavy atom. The van der Waals surface area contributed by atoms with Gasteiger partial charge in [-0.1, -0.05) is 46.8 Å². The number of nitrogens with one attached hydrogen (secondary N) is 1. The fourth-order valence-electron chi connectivity index (χ4n) is 2.04. The number of rotatable bonds is 3. The zero-order valence-corrected chi connectivity index (χ0v) is 11.5. The molecule has 0 bridgehead atoms. The molecule has 90 valence electrons. The first-order valence-electron chi connectivity index (χ1n) is 6.14. The molecule has 1 aromatic rings. The van der Waals surface area contributed by atoms with E-state index in [1.54, 1.807) is 0 Å². The Morgan fingerprint density at radius 2 is 1.81 bits per heavy atom. The van der Waals surface area contributed by atoms with Crippen LogP contribution in [0.2, 0.25) is 0 Å². The maximum absolute atomic E-state index is 3.27. The summed E-state index contributed by atoms with van der Waals surface area (Å²) in [6.45, 7) is 11.4. The summed E-state index contributed by atoms with van der Waals surface area (Å²) < 4.78 is 0. The fraction of sp³-hybridized carbons (Fsp3) is 0.600. The zero-order chi connectivity index (χ0) is 12.3. The molecule has 16 heavy (non-hydrogen) atoms. The molecule has 0 amide bonds. The van der Waals surface area contributed by atoms with Crippen LogP contribution in [0.25, 0.3) is 0 Å². The molecule has 1 nitrogen and oxygen atoms in total. The Hall–Kier alpha value is -0.980. The van der Waals surface area contributed by atoms with E-state index in [4.69, 9.17) is 0 Å². The molecule has 0 aliphatic heterocycles. The monoisotopic (exact) mass is 219 g/mol. The smallest absolute Gasteiger partial charge is 0.0372 e. The lowest BCUT2D eigenvalue weighted by molar-refractivity contribution is 0.411. The van der Waals surface area contributed by atoms with E-state index >= 15 is 0 Å².